The standard InChI is InChI=1S/C48H37BN4/c50-49-52(47-42(37-22-9-3-10-23-37)29-16-30-43(47)38-24-11-4-12-25-38)45-31-13-14-32-46(45)53(49)48-39(26-17-33-51-48)34-44-40(35-18-5-1-6-19-35)27-15-28-41(44)36-20-7-2-8-21-36/h1-33H,34,50H2. The lowest BCUT2D eigenvalue weighted by Gasteiger charge is -2.30. The van der Waals surface area contributed by atoms with Crippen molar-refractivity contribution in [2.24, 2.45) is 5.64 Å². The minimum Gasteiger partial charge on any atom is -0.349 e. The number of fused-ring (bicyclic) bond motifs is 1. The van der Waals surface area contributed by atoms with Gasteiger partial charge in [0.25, 0.3) is 0 Å². The monoisotopic (exact) mass is 680 g/mol. The second-order valence-corrected chi connectivity index (χ2v) is 13.3. The normalized spacial score (nSPS) is 12.2. The highest BCUT2D eigenvalue weighted by atomic mass is 15.4. The first kappa shape index (κ1) is 32.2. The molecule has 1 aromatic heterocycles. The first-order valence-corrected chi connectivity index (χ1v) is 18.1. The zero-order valence-electron chi connectivity index (χ0n) is 29.3. The fourth-order valence-electron chi connectivity index (χ4n) is 7.80. The molecule has 0 fully saturated rings. The summed E-state index contributed by atoms with van der Waals surface area (Å²) in [7, 11) is -0.577. The summed E-state index contributed by atoms with van der Waals surface area (Å²) in [5, 5.41) is 0. The van der Waals surface area contributed by atoms with Crippen molar-refractivity contribution in [1.82, 2.24) is 4.98 Å². The maximum absolute atomic E-state index is 7.55. The summed E-state index contributed by atoms with van der Waals surface area (Å²) in [5.41, 5.74) is 22.3. The Bertz CT molecular complexity index is 2390. The van der Waals surface area contributed by atoms with Crippen LogP contribution in [0.15, 0.2) is 200 Å². The van der Waals surface area contributed by atoms with E-state index in [1.54, 1.807) is 0 Å². The molecule has 7 aromatic carbocycles. The van der Waals surface area contributed by atoms with Crippen LogP contribution in [-0.4, -0.2) is 12.1 Å². The van der Waals surface area contributed by atoms with E-state index in [1.807, 2.05) is 12.3 Å². The van der Waals surface area contributed by atoms with Crippen molar-refractivity contribution in [3.63, 3.8) is 0 Å². The van der Waals surface area contributed by atoms with E-state index in [0.717, 1.165) is 50.7 Å². The van der Waals surface area contributed by atoms with Crippen LogP contribution in [0, 0.1) is 0 Å². The molecule has 4 nitrogen and oxygen atoms in total. The molecule has 0 atom stereocenters. The molecule has 0 unspecified atom stereocenters. The van der Waals surface area contributed by atoms with Crippen molar-refractivity contribution in [2.75, 3.05) is 9.62 Å². The van der Waals surface area contributed by atoms with Gasteiger partial charge < -0.3 is 15.3 Å². The molecule has 0 saturated heterocycles. The number of para-hydroxylation sites is 3. The molecule has 252 valence electrons. The van der Waals surface area contributed by atoms with Crippen molar-refractivity contribution in [3.05, 3.63) is 211 Å². The largest absolute Gasteiger partial charge is 0.475 e. The molecule has 1 aliphatic rings. The molecule has 9 rings (SSSR count). The van der Waals surface area contributed by atoms with Gasteiger partial charge in [-0.25, -0.2) is 4.98 Å². The number of aromatic nitrogens is 1. The minimum absolute atomic E-state index is 0.577. The predicted octanol–water partition coefficient (Wildman–Crippen LogP) is 11.6. The fraction of sp³-hybridized carbons (Fsp3) is 0.0208. The second kappa shape index (κ2) is 14.1. The van der Waals surface area contributed by atoms with Gasteiger partial charge in [-0.2, -0.15) is 0 Å². The molecule has 8 aromatic rings. The van der Waals surface area contributed by atoms with Crippen LogP contribution in [0.2, 0.25) is 0 Å². The topological polar surface area (TPSA) is 45.4 Å². The van der Waals surface area contributed by atoms with Crippen LogP contribution in [0.5, 0.6) is 0 Å². The van der Waals surface area contributed by atoms with Crippen molar-refractivity contribution in [1.29, 1.82) is 0 Å². The Morgan fingerprint density at radius 1 is 0.415 bits per heavy atom. The third-order valence-electron chi connectivity index (χ3n) is 10.2. The molecule has 0 bridgehead atoms. The van der Waals surface area contributed by atoms with Crippen LogP contribution in [0.25, 0.3) is 44.5 Å². The third kappa shape index (κ3) is 5.97. The highest BCUT2D eigenvalue weighted by molar-refractivity contribution is 6.70. The Kier molecular flexibility index (Phi) is 8.60. The van der Waals surface area contributed by atoms with Crippen molar-refractivity contribution >= 4 is 30.0 Å². The van der Waals surface area contributed by atoms with Gasteiger partial charge in [0, 0.05) is 29.4 Å². The van der Waals surface area contributed by atoms with E-state index < -0.39 is 7.12 Å². The van der Waals surface area contributed by atoms with Crippen LogP contribution in [-0.2, 0) is 6.42 Å². The molecule has 2 heterocycles. The summed E-state index contributed by atoms with van der Waals surface area (Å²) in [6, 6.07) is 68.4. The lowest BCUT2D eigenvalue weighted by molar-refractivity contribution is 1.12. The van der Waals surface area contributed by atoms with Gasteiger partial charge in [-0.3, -0.25) is 0 Å². The fourth-order valence-corrected chi connectivity index (χ4v) is 7.80. The van der Waals surface area contributed by atoms with E-state index in [9.17, 15) is 0 Å². The number of nitrogens with zero attached hydrogens (tertiary/aromatic N) is 3. The number of anilines is 4. The maximum Gasteiger partial charge on any atom is 0.475 e. The summed E-state index contributed by atoms with van der Waals surface area (Å²) in [4.78, 5) is 9.63. The first-order valence-electron chi connectivity index (χ1n) is 18.1. The van der Waals surface area contributed by atoms with Crippen LogP contribution in [0.4, 0.5) is 22.9 Å². The van der Waals surface area contributed by atoms with E-state index in [2.05, 4.69) is 198 Å². The van der Waals surface area contributed by atoms with E-state index >= 15 is 0 Å². The zero-order valence-corrected chi connectivity index (χ0v) is 29.3. The Morgan fingerprint density at radius 2 is 0.830 bits per heavy atom. The maximum atomic E-state index is 7.55. The number of hydrogen-bond donors (Lipinski definition) is 1. The molecule has 1 aliphatic heterocycles. The van der Waals surface area contributed by atoms with Gasteiger partial charge in [0.2, 0.25) is 0 Å². The van der Waals surface area contributed by atoms with E-state index in [1.165, 1.54) is 27.8 Å². The van der Waals surface area contributed by atoms with E-state index in [4.69, 9.17) is 10.6 Å². The van der Waals surface area contributed by atoms with Gasteiger partial charge in [-0.05, 0) is 62.7 Å². The van der Waals surface area contributed by atoms with Crippen molar-refractivity contribution in [3.8, 4) is 44.5 Å². The van der Waals surface area contributed by atoms with Crippen LogP contribution >= 0.6 is 0 Å². The predicted molar refractivity (Wildman–Crippen MR) is 222 cm³/mol. The molecule has 53 heavy (non-hydrogen) atoms. The number of benzene rings is 7. The molecule has 0 amide bonds. The summed E-state index contributed by atoms with van der Waals surface area (Å²) in [6.07, 6.45) is 2.55. The highest BCUT2D eigenvalue weighted by Gasteiger charge is 2.43. The number of nitrogens with two attached hydrogens (primary N) is 1. The van der Waals surface area contributed by atoms with E-state index in [-0.39, 0.29) is 0 Å². The van der Waals surface area contributed by atoms with Gasteiger partial charge in [-0.1, -0.05) is 176 Å². The quantitative estimate of drug-likeness (QED) is 0.162. The van der Waals surface area contributed by atoms with Crippen molar-refractivity contribution in [2.45, 2.75) is 6.42 Å². The number of rotatable bonds is 8. The number of hydrogen-bond acceptors (Lipinski definition) is 4. The SMILES string of the molecule is NB1N(c2ncccc2Cc2c(-c3ccccc3)cccc2-c2ccccc2)c2ccccc2N1c1c(-c2ccccc2)cccc1-c1ccccc1. The van der Waals surface area contributed by atoms with Crippen LogP contribution in [0.1, 0.15) is 11.1 Å². The third-order valence-corrected chi connectivity index (χ3v) is 10.2. The highest BCUT2D eigenvalue weighted by Crippen LogP contribution is 2.51. The van der Waals surface area contributed by atoms with Gasteiger partial charge in [0.05, 0.1) is 11.4 Å². The van der Waals surface area contributed by atoms with Gasteiger partial charge in [0.1, 0.15) is 5.82 Å². The minimum atomic E-state index is -0.577. The molecule has 5 heteroatoms. The molecule has 0 radical (unpaired) electrons. The van der Waals surface area contributed by atoms with Gasteiger partial charge in [-0.15, -0.1) is 0 Å². The number of pyridine rings is 1. The van der Waals surface area contributed by atoms with Gasteiger partial charge >= 0.3 is 7.12 Å². The Labute approximate surface area is 311 Å². The molecule has 2 N–H and O–H groups in total. The molecule has 0 spiro atoms. The summed E-state index contributed by atoms with van der Waals surface area (Å²) in [6.45, 7) is 0. The van der Waals surface area contributed by atoms with Crippen LogP contribution in [0.3, 0.4) is 0 Å². The molecule has 0 aliphatic carbocycles. The average Bonchev–Trinajstić information content (AvgIpc) is 3.53. The zero-order chi connectivity index (χ0) is 35.6. The second-order valence-electron chi connectivity index (χ2n) is 13.3. The lowest BCUT2D eigenvalue weighted by atomic mass is 9.85. The van der Waals surface area contributed by atoms with Crippen molar-refractivity contribution < 1.29 is 0 Å². The Morgan fingerprint density at radius 3 is 1.32 bits per heavy atom. The summed E-state index contributed by atoms with van der Waals surface area (Å²) < 4.78 is 0. The average molecular weight is 681 g/mol. The molecular weight excluding hydrogens is 643 g/mol. The van der Waals surface area contributed by atoms with Gasteiger partial charge in [0.15, 0.2) is 0 Å². The summed E-state index contributed by atoms with van der Waals surface area (Å²) >= 11 is 0. The van der Waals surface area contributed by atoms with Crippen LogP contribution < -0.4 is 15.3 Å². The first-order chi connectivity index (χ1) is 26.3. The van der Waals surface area contributed by atoms with E-state index in [0.29, 0.717) is 6.42 Å². The summed E-state index contributed by atoms with van der Waals surface area (Å²) in [5.74, 6) is 0.843. The lowest BCUT2D eigenvalue weighted by Crippen LogP contribution is -2.52. The Balaban J connectivity index is 1.21. The Hall–Kier alpha value is -6.69. The molecule has 0 saturated carbocycles. The molecular formula is C48H37BN4. The smallest absolute Gasteiger partial charge is 0.349 e.